The zero-order valence-corrected chi connectivity index (χ0v) is 20.9. The summed E-state index contributed by atoms with van der Waals surface area (Å²) in [4.78, 5) is 14.5. The Balaban J connectivity index is 1.30. The number of amides is 1. The summed E-state index contributed by atoms with van der Waals surface area (Å²) in [6, 6.07) is 24.9. The average Bonchev–Trinajstić information content (AvgIpc) is 2.86. The van der Waals surface area contributed by atoms with Crippen molar-refractivity contribution in [2.24, 2.45) is 5.92 Å². The smallest absolute Gasteiger partial charge is 0.225 e. The number of benzene rings is 3. The van der Waals surface area contributed by atoms with Gasteiger partial charge in [-0.1, -0.05) is 65.3 Å². The van der Waals surface area contributed by atoms with Gasteiger partial charge in [0, 0.05) is 42.1 Å². The van der Waals surface area contributed by atoms with Gasteiger partial charge in [-0.25, -0.2) is 4.39 Å². The highest BCUT2D eigenvalue weighted by molar-refractivity contribution is 9.10. The molecule has 1 amide bonds. The minimum Gasteiger partial charge on any atom is -0.489 e. The van der Waals surface area contributed by atoms with Crippen LogP contribution in [-0.2, 0) is 17.1 Å². The van der Waals surface area contributed by atoms with Crippen LogP contribution in [0.5, 0.6) is 5.75 Å². The molecule has 1 aliphatic rings. The first kappa shape index (κ1) is 24.4. The van der Waals surface area contributed by atoms with Gasteiger partial charge >= 0.3 is 0 Å². The molecule has 6 heteroatoms. The lowest BCUT2D eigenvalue weighted by Crippen LogP contribution is -2.47. The highest BCUT2D eigenvalue weighted by Crippen LogP contribution is 2.42. The van der Waals surface area contributed by atoms with E-state index >= 15 is 4.39 Å². The standard InChI is InChI=1S/C28H30BrFN2O2/c1-21-19-32(16-14-27(33)31-25-12-10-24(29)11-13-25)17-15-28(21,30)23-8-5-9-26(18-23)34-20-22-6-3-2-4-7-22/h2-13,18,21H,14-17,19-20H2,1H3,(H,31,33). The molecular weight excluding hydrogens is 495 g/mol. The van der Waals surface area contributed by atoms with E-state index in [1.54, 1.807) is 0 Å². The van der Waals surface area contributed by atoms with Gasteiger partial charge in [-0.05, 0) is 53.9 Å². The van der Waals surface area contributed by atoms with Crippen LogP contribution >= 0.6 is 15.9 Å². The highest BCUT2D eigenvalue weighted by Gasteiger charge is 2.42. The fourth-order valence-corrected chi connectivity index (χ4v) is 4.69. The lowest BCUT2D eigenvalue weighted by Gasteiger charge is -2.41. The number of halogens is 2. The number of carbonyl (C=O) groups excluding carboxylic acids is 1. The first-order chi connectivity index (χ1) is 16.4. The van der Waals surface area contributed by atoms with Crippen LogP contribution in [-0.4, -0.2) is 30.4 Å². The monoisotopic (exact) mass is 524 g/mol. The van der Waals surface area contributed by atoms with Crippen LogP contribution in [0.2, 0.25) is 0 Å². The first-order valence-electron chi connectivity index (χ1n) is 11.7. The fourth-order valence-electron chi connectivity index (χ4n) is 4.42. The van der Waals surface area contributed by atoms with Gasteiger partial charge in [0.1, 0.15) is 18.0 Å². The predicted molar refractivity (Wildman–Crippen MR) is 138 cm³/mol. The van der Waals surface area contributed by atoms with E-state index in [-0.39, 0.29) is 11.8 Å². The normalized spacial score (nSPS) is 20.6. The molecule has 3 aromatic carbocycles. The van der Waals surface area contributed by atoms with E-state index in [0.717, 1.165) is 15.7 Å². The summed E-state index contributed by atoms with van der Waals surface area (Å²) in [7, 11) is 0. The Labute approximate surface area is 209 Å². The van der Waals surface area contributed by atoms with E-state index in [4.69, 9.17) is 4.74 Å². The van der Waals surface area contributed by atoms with Crippen molar-refractivity contribution in [3.05, 3.63) is 94.5 Å². The Kier molecular flexibility index (Phi) is 8.01. The predicted octanol–water partition coefficient (Wildman–Crippen LogP) is 6.56. The Bertz CT molecular complexity index is 1090. The molecule has 0 bridgehead atoms. The molecule has 0 saturated carbocycles. The van der Waals surface area contributed by atoms with Gasteiger partial charge in [-0.15, -0.1) is 0 Å². The Morgan fingerprint density at radius 1 is 1.12 bits per heavy atom. The number of likely N-dealkylation sites (tertiary alicyclic amines) is 1. The number of anilines is 1. The van der Waals surface area contributed by atoms with Gasteiger partial charge in [0.25, 0.3) is 0 Å². The van der Waals surface area contributed by atoms with Crippen LogP contribution < -0.4 is 10.1 Å². The molecule has 1 saturated heterocycles. The van der Waals surface area contributed by atoms with E-state index in [9.17, 15) is 4.79 Å². The van der Waals surface area contributed by atoms with Crippen LogP contribution in [0, 0.1) is 5.92 Å². The summed E-state index contributed by atoms with van der Waals surface area (Å²) in [5.41, 5.74) is 1.10. The molecule has 4 nitrogen and oxygen atoms in total. The maximum absolute atomic E-state index is 16.2. The largest absolute Gasteiger partial charge is 0.489 e. The third-order valence-electron chi connectivity index (χ3n) is 6.45. The molecule has 2 unspecified atom stereocenters. The van der Waals surface area contributed by atoms with Crippen LogP contribution in [0.15, 0.2) is 83.3 Å². The number of nitrogens with zero attached hydrogens (tertiary/aromatic N) is 1. The third kappa shape index (κ3) is 6.24. The van der Waals surface area contributed by atoms with Gasteiger partial charge < -0.3 is 15.0 Å². The van der Waals surface area contributed by atoms with Crippen LogP contribution in [0.3, 0.4) is 0 Å². The number of hydrogen-bond donors (Lipinski definition) is 1. The molecule has 1 fully saturated rings. The van der Waals surface area contributed by atoms with E-state index in [1.165, 1.54) is 0 Å². The zero-order valence-electron chi connectivity index (χ0n) is 19.3. The minimum absolute atomic E-state index is 0.0321. The second kappa shape index (κ2) is 11.2. The number of ether oxygens (including phenoxy) is 1. The Morgan fingerprint density at radius 2 is 1.88 bits per heavy atom. The van der Waals surface area contributed by atoms with E-state index < -0.39 is 5.67 Å². The van der Waals surface area contributed by atoms with Gasteiger partial charge in [0.05, 0.1) is 0 Å². The first-order valence-corrected chi connectivity index (χ1v) is 12.5. The second-order valence-electron chi connectivity index (χ2n) is 8.92. The molecule has 0 spiro atoms. The molecule has 2 atom stereocenters. The van der Waals surface area contributed by atoms with Crippen molar-refractivity contribution in [3.8, 4) is 5.75 Å². The number of alkyl halides is 1. The summed E-state index contributed by atoms with van der Waals surface area (Å²) < 4.78 is 23.1. The third-order valence-corrected chi connectivity index (χ3v) is 6.98. The number of nitrogens with one attached hydrogen (secondary N) is 1. The zero-order chi connectivity index (χ0) is 24.0. The average molecular weight is 525 g/mol. The molecular formula is C28H30BrFN2O2. The van der Waals surface area contributed by atoms with Gasteiger partial charge in [-0.3, -0.25) is 4.79 Å². The molecule has 1 aliphatic heterocycles. The van der Waals surface area contributed by atoms with Crippen molar-refractivity contribution in [2.45, 2.75) is 32.0 Å². The van der Waals surface area contributed by atoms with Crippen LogP contribution in [0.1, 0.15) is 30.9 Å². The lowest BCUT2D eigenvalue weighted by molar-refractivity contribution is -0.116. The summed E-state index contributed by atoms with van der Waals surface area (Å²) in [6.45, 7) is 4.24. The van der Waals surface area contributed by atoms with Crippen molar-refractivity contribution < 1.29 is 13.9 Å². The van der Waals surface area contributed by atoms with Crippen molar-refractivity contribution in [2.75, 3.05) is 25.0 Å². The summed E-state index contributed by atoms with van der Waals surface area (Å²) in [5.74, 6) is 0.452. The highest BCUT2D eigenvalue weighted by atomic mass is 79.9. The Morgan fingerprint density at radius 3 is 2.62 bits per heavy atom. The maximum atomic E-state index is 16.2. The maximum Gasteiger partial charge on any atom is 0.225 e. The lowest BCUT2D eigenvalue weighted by atomic mass is 9.78. The van der Waals surface area contributed by atoms with E-state index in [2.05, 4.69) is 26.1 Å². The SMILES string of the molecule is CC1CN(CCC(=O)Nc2ccc(Br)cc2)CCC1(F)c1cccc(OCc2ccccc2)c1. The number of piperidine rings is 1. The number of hydrogen-bond acceptors (Lipinski definition) is 3. The van der Waals surface area contributed by atoms with Gasteiger partial charge in [-0.2, -0.15) is 0 Å². The summed E-state index contributed by atoms with van der Waals surface area (Å²) >= 11 is 3.39. The summed E-state index contributed by atoms with van der Waals surface area (Å²) in [6.07, 6.45) is 0.773. The molecule has 1 N–H and O–H groups in total. The van der Waals surface area contributed by atoms with Crippen molar-refractivity contribution in [1.82, 2.24) is 4.90 Å². The van der Waals surface area contributed by atoms with Crippen molar-refractivity contribution >= 4 is 27.5 Å². The molecule has 3 aromatic rings. The Hall–Kier alpha value is -2.70. The molecule has 178 valence electrons. The minimum atomic E-state index is -1.41. The number of rotatable bonds is 8. The number of carbonyl (C=O) groups is 1. The van der Waals surface area contributed by atoms with Crippen molar-refractivity contribution in [3.63, 3.8) is 0 Å². The molecule has 1 heterocycles. The van der Waals surface area contributed by atoms with Crippen LogP contribution in [0.25, 0.3) is 0 Å². The molecule has 0 radical (unpaired) electrons. The summed E-state index contributed by atoms with van der Waals surface area (Å²) in [5, 5.41) is 2.92. The molecule has 0 aliphatic carbocycles. The van der Waals surface area contributed by atoms with Crippen LogP contribution in [0.4, 0.5) is 10.1 Å². The topological polar surface area (TPSA) is 41.6 Å². The van der Waals surface area contributed by atoms with E-state index in [0.29, 0.717) is 50.4 Å². The van der Waals surface area contributed by atoms with Crippen molar-refractivity contribution in [1.29, 1.82) is 0 Å². The molecule has 4 rings (SSSR count). The molecule has 0 aromatic heterocycles. The van der Waals surface area contributed by atoms with Gasteiger partial charge in [0.15, 0.2) is 0 Å². The fraction of sp³-hybridized carbons (Fsp3) is 0.321. The second-order valence-corrected chi connectivity index (χ2v) is 9.84. The molecule has 34 heavy (non-hydrogen) atoms. The quantitative estimate of drug-likeness (QED) is 0.362. The van der Waals surface area contributed by atoms with E-state index in [1.807, 2.05) is 85.8 Å². The van der Waals surface area contributed by atoms with Gasteiger partial charge in [0.2, 0.25) is 5.91 Å².